The van der Waals surface area contributed by atoms with Crippen molar-refractivity contribution in [3.63, 3.8) is 0 Å². The molecule has 64 valence electrons. The Balaban J connectivity index is -0.0000000267. The molecule has 0 saturated carbocycles. The zero-order valence-electron chi connectivity index (χ0n) is 6.28. The van der Waals surface area contributed by atoms with E-state index in [1.807, 2.05) is 0 Å². The molecule has 0 aliphatic rings. The summed E-state index contributed by atoms with van der Waals surface area (Å²) in [6, 6.07) is 0. The van der Waals surface area contributed by atoms with Crippen molar-refractivity contribution in [3.05, 3.63) is 0 Å². The van der Waals surface area contributed by atoms with Crippen LogP contribution < -0.4 is 24.6 Å². The van der Waals surface area contributed by atoms with Crippen molar-refractivity contribution in [2.75, 3.05) is 0 Å². The Hall–Kier alpha value is 5.19. The van der Waals surface area contributed by atoms with Gasteiger partial charge >= 0.3 is 208 Å². The Labute approximate surface area is 201 Å². The minimum absolute atomic E-state index is 0. The van der Waals surface area contributed by atoms with Crippen molar-refractivity contribution >= 4 is 176 Å². The first-order valence-electron chi connectivity index (χ1n) is 1.46. The van der Waals surface area contributed by atoms with E-state index in [1.165, 1.54) is 0 Å². The molecule has 0 unspecified atom stereocenters. The van der Waals surface area contributed by atoms with E-state index in [9.17, 15) is 0 Å². The molecule has 0 spiro atoms. The van der Waals surface area contributed by atoms with Crippen molar-refractivity contribution in [1.29, 1.82) is 0 Å². The van der Waals surface area contributed by atoms with E-state index < -0.39 is 29.0 Å². The third-order valence-electron chi connectivity index (χ3n) is 0. The van der Waals surface area contributed by atoms with Crippen LogP contribution in [-0.4, -0.2) is 176 Å². The van der Waals surface area contributed by atoms with Gasteiger partial charge < -0.3 is 0 Å². The van der Waals surface area contributed by atoms with Crippen LogP contribution in [0, 0.1) is 0 Å². The van der Waals surface area contributed by atoms with Crippen molar-refractivity contribution in [1.82, 2.24) is 0 Å². The molecule has 13 heavy (non-hydrogen) atoms. The Morgan fingerprint density at radius 2 is 0.538 bits per heavy atom. The van der Waals surface area contributed by atoms with Gasteiger partial charge in [-0.1, -0.05) is 0 Å². The van der Waals surface area contributed by atoms with E-state index in [1.54, 1.807) is 0 Å². The predicted molar refractivity (Wildman–Crippen MR) is 30.1 cm³/mol. The fraction of sp³-hybridized carbons (Fsp3) is 0. The SMILES string of the molecule is O=[As]([O-])([O-])[O-].O=[As]([O-])([O-])[O-].[Ba+2].[Ba+2].[Ba+2]. The molecule has 0 atom stereocenters. The normalized spacial score (nSPS) is 9.08. The van der Waals surface area contributed by atoms with Gasteiger partial charge in [0.25, 0.3) is 0 Å². The van der Waals surface area contributed by atoms with Gasteiger partial charge in [0, 0.05) is 0 Å². The Morgan fingerprint density at radius 3 is 0.538 bits per heavy atom. The maximum atomic E-state index is 8.61. The molecule has 0 heterocycles. The molecule has 0 aliphatic carbocycles. The van der Waals surface area contributed by atoms with E-state index in [-0.39, 0.29) is 147 Å². The first-order chi connectivity index (χ1) is 4.00. The molecule has 13 heteroatoms. The second kappa shape index (κ2) is 15.2. The third-order valence-corrected chi connectivity index (χ3v) is 0. The van der Waals surface area contributed by atoms with Gasteiger partial charge in [-0.05, 0) is 0 Å². The molecule has 0 fully saturated rings. The van der Waals surface area contributed by atoms with Gasteiger partial charge in [-0.2, -0.15) is 0 Å². The quantitative estimate of drug-likeness (QED) is 0.226. The summed E-state index contributed by atoms with van der Waals surface area (Å²) in [5.74, 6) is 0. The molecule has 0 rings (SSSR count). The second-order valence-corrected chi connectivity index (χ2v) is 4.65. The topological polar surface area (TPSA) is 172 Å². The summed E-state index contributed by atoms with van der Waals surface area (Å²) in [7, 11) is 0. The van der Waals surface area contributed by atoms with Crippen LogP contribution in [-0.2, 0) is 7.48 Å². The molecule has 8 nitrogen and oxygen atoms in total. The van der Waals surface area contributed by atoms with E-state index in [2.05, 4.69) is 0 Å². The summed E-state index contributed by atoms with van der Waals surface area (Å²) in [5, 5.41) is 0. The molecule has 0 amide bonds. The monoisotopic (exact) mass is 692 g/mol. The Kier molecular flexibility index (Phi) is 36.2. The number of rotatable bonds is 0. The van der Waals surface area contributed by atoms with Gasteiger partial charge in [-0.3, -0.25) is 0 Å². The molecule has 0 bridgehead atoms. The minimum Gasteiger partial charge on any atom is 2.00 e. The standard InChI is InChI=1S/2AsH3O4.3Ba/c2*2-1(3,4)5;;;/h2*(H3,2,3,4,5);;;/q;;3*+2/p-6. The maximum Gasteiger partial charge on any atom is 2.00 e. The third kappa shape index (κ3) is 147. The largest absolute Gasteiger partial charge is 2.00 e. The Bertz CT molecular complexity index is 130. The molecule has 0 radical (unpaired) electrons. The minimum atomic E-state index is -5.88. The summed E-state index contributed by atoms with van der Waals surface area (Å²) < 4.78 is 68.9. The fourth-order valence-electron chi connectivity index (χ4n) is 0. The van der Waals surface area contributed by atoms with Gasteiger partial charge in [-0.15, -0.1) is 0 Å². The zero-order valence-corrected chi connectivity index (χ0v) is 23.4. The molecule has 0 aliphatic heterocycles. The number of hydrogen-bond donors (Lipinski definition) is 0. The van der Waals surface area contributed by atoms with E-state index in [0.717, 1.165) is 0 Å². The second-order valence-electron chi connectivity index (χ2n) is 0.894. The van der Waals surface area contributed by atoms with Crippen LogP contribution in [0.5, 0.6) is 0 Å². The van der Waals surface area contributed by atoms with Gasteiger partial charge in [0.1, 0.15) is 0 Å². The molecule has 0 aromatic heterocycles. The van der Waals surface area contributed by atoms with Crippen LogP contribution in [0.25, 0.3) is 0 Å². The first kappa shape index (κ1) is 30.9. The van der Waals surface area contributed by atoms with Crippen LogP contribution in [0.3, 0.4) is 0 Å². The van der Waals surface area contributed by atoms with Crippen molar-refractivity contribution in [2.24, 2.45) is 0 Å². The average Bonchev–Trinajstić information content (AvgIpc) is 1.12. The van der Waals surface area contributed by atoms with Gasteiger partial charge in [0.05, 0.1) is 0 Å². The van der Waals surface area contributed by atoms with Crippen LogP contribution in [0.2, 0.25) is 0 Å². The molecule has 0 N–H and O–H groups in total. The predicted octanol–water partition coefficient (Wildman–Crippen LogP) is -9.28. The summed E-state index contributed by atoms with van der Waals surface area (Å²) in [6.07, 6.45) is 0. The van der Waals surface area contributed by atoms with Crippen LogP contribution in [0.1, 0.15) is 0 Å². The van der Waals surface area contributed by atoms with Gasteiger partial charge in [0.15, 0.2) is 0 Å². The first-order valence-corrected chi connectivity index (χ1v) is 7.59. The molecular weight excluding hydrogens is 690 g/mol. The number of hydrogen-bond acceptors (Lipinski definition) is 8. The van der Waals surface area contributed by atoms with Crippen LogP contribution >= 0.6 is 0 Å². The van der Waals surface area contributed by atoms with Crippen molar-refractivity contribution in [3.8, 4) is 0 Å². The summed E-state index contributed by atoms with van der Waals surface area (Å²) >= 11 is -11.8. The molecule has 0 aromatic rings. The van der Waals surface area contributed by atoms with Crippen molar-refractivity contribution < 1.29 is 32.1 Å². The molecule has 0 saturated heterocycles. The van der Waals surface area contributed by atoms with Gasteiger partial charge in [0.2, 0.25) is 0 Å². The summed E-state index contributed by atoms with van der Waals surface area (Å²) in [5.41, 5.74) is 0. The van der Waals surface area contributed by atoms with Gasteiger partial charge in [-0.25, -0.2) is 0 Å². The van der Waals surface area contributed by atoms with E-state index in [4.69, 9.17) is 32.1 Å². The molecular formula is As2Ba3O8. The average molecular weight is 690 g/mol. The fourth-order valence-corrected chi connectivity index (χ4v) is 0. The smallest absolute Gasteiger partial charge is 2.00 e. The summed E-state index contributed by atoms with van der Waals surface area (Å²) in [6.45, 7) is 0. The van der Waals surface area contributed by atoms with Crippen LogP contribution in [0.4, 0.5) is 0 Å². The molecule has 0 aromatic carbocycles. The zero-order chi connectivity index (χ0) is 9.00. The van der Waals surface area contributed by atoms with E-state index >= 15 is 0 Å². The Morgan fingerprint density at radius 1 is 0.538 bits per heavy atom. The van der Waals surface area contributed by atoms with Crippen molar-refractivity contribution in [2.45, 2.75) is 0 Å². The summed E-state index contributed by atoms with van der Waals surface area (Å²) in [4.78, 5) is 0. The van der Waals surface area contributed by atoms with Crippen LogP contribution in [0.15, 0.2) is 0 Å². The van der Waals surface area contributed by atoms with E-state index in [0.29, 0.717) is 0 Å². The maximum absolute atomic E-state index is 8.61.